The molecule has 0 radical (unpaired) electrons. The lowest BCUT2D eigenvalue weighted by Crippen LogP contribution is -2.17. The highest BCUT2D eigenvalue weighted by Crippen LogP contribution is 2.54. The molecule has 0 spiro atoms. The van der Waals surface area contributed by atoms with Crippen molar-refractivity contribution < 1.29 is 18.1 Å². The molecule has 0 aromatic carbocycles. The third-order valence-electron chi connectivity index (χ3n) is 16.6. The van der Waals surface area contributed by atoms with Crippen molar-refractivity contribution in [3.63, 3.8) is 0 Å². The van der Waals surface area contributed by atoms with Crippen LogP contribution in [0.15, 0.2) is 0 Å². The quantitative estimate of drug-likeness (QED) is 0.0450. The number of hydrogen-bond donors (Lipinski definition) is 0. The molecule has 0 bridgehead atoms. The molecule has 446 valence electrons. The summed E-state index contributed by atoms with van der Waals surface area (Å²) in [5.74, 6) is 0. The number of phosphoric ester groups is 1. The van der Waals surface area contributed by atoms with Crippen molar-refractivity contribution in [2.45, 2.75) is 445 Å². The van der Waals surface area contributed by atoms with E-state index in [2.05, 4.69) is 41.5 Å². The van der Waals surface area contributed by atoms with Gasteiger partial charge in [0.25, 0.3) is 0 Å². The van der Waals surface area contributed by atoms with Gasteiger partial charge in [-0.1, -0.05) is 387 Å². The van der Waals surface area contributed by atoms with Crippen LogP contribution in [0.3, 0.4) is 0 Å². The maximum Gasteiger partial charge on any atom is 0.475 e. The Bertz CT molecular complexity index is 938. The third-order valence-corrected chi connectivity index (χ3v) is 18.4. The minimum absolute atomic E-state index is 0.129. The molecule has 0 aliphatic heterocycles. The minimum atomic E-state index is -3.67. The van der Waals surface area contributed by atoms with Gasteiger partial charge in [-0.2, -0.15) is 0 Å². The fraction of sp³-hybridized carbons (Fsp3) is 1.00. The molecule has 0 aromatic rings. The van der Waals surface area contributed by atoms with Crippen molar-refractivity contribution in [1.29, 1.82) is 0 Å². The number of rotatable bonds is 66. The Kier molecular flexibility index (Phi) is 62.4. The number of unbranched alkanes of at least 4 members (excludes halogenated alkanes) is 54. The molecule has 0 aliphatic rings. The van der Waals surface area contributed by atoms with Gasteiger partial charge in [-0.05, 0) is 40.0 Å². The summed E-state index contributed by atoms with van der Waals surface area (Å²) < 4.78 is 33.3. The van der Waals surface area contributed by atoms with Crippen LogP contribution < -0.4 is 0 Å². The monoisotopic (exact) mass is 1070 g/mol. The third kappa shape index (κ3) is 59.8. The predicted octanol–water partition coefficient (Wildman–Crippen LogP) is 26.8. The Morgan fingerprint density at radius 2 is 0.311 bits per heavy atom. The van der Waals surface area contributed by atoms with Gasteiger partial charge >= 0.3 is 7.82 Å². The average molecular weight is 1070 g/mol. The Hall–Kier alpha value is 0.110. The van der Waals surface area contributed by atoms with Crippen molar-refractivity contribution >= 4 is 7.82 Å². The Labute approximate surface area is 468 Å². The smallest absolute Gasteiger partial charge is 0.284 e. The van der Waals surface area contributed by atoms with E-state index >= 15 is 0 Å². The van der Waals surface area contributed by atoms with Crippen LogP contribution in [0.2, 0.25) is 0 Å². The zero-order valence-corrected chi connectivity index (χ0v) is 53.1. The lowest BCUT2D eigenvalue weighted by atomic mass is 10.0. The summed E-state index contributed by atoms with van der Waals surface area (Å²) in [4.78, 5) is 0. The highest BCUT2D eigenvalue weighted by atomic mass is 31.2. The fourth-order valence-corrected chi connectivity index (χ4v) is 13.2. The summed E-state index contributed by atoms with van der Waals surface area (Å²) in [7, 11) is -3.67. The van der Waals surface area contributed by atoms with Gasteiger partial charge in [0, 0.05) is 0 Å². The molecular weight excluding hydrogens is 924 g/mol. The molecule has 0 saturated carbocycles. The van der Waals surface area contributed by atoms with E-state index < -0.39 is 7.82 Å². The molecule has 0 fully saturated rings. The van der Waals surface area contributed by atoms with Crippen LogP contribution in [0.5, 0.6) is 0 Å². The van der Waals surface area contributed by atoms with Gasteiger partial charge < -0.3 is 0 Å². The summed E-state index contributed by atoms with van der Waals surface area (Å²) in [5.41, 5.74) is 0. The van der Waals surface area contributed by atoms with E-state index in [-0.39, 0.29) is 18.3 Å². The first kappa shape index (κ1) is 74.1. The van der Waals surface area contributed by atoms with Gasteiger partial charge in [0.1, 0.15) is 0 Å². The highest BCUT2D eigenvalue weighted by molar-refractivity contribution is 7.48. The molecule has 3 atom stereocenters. The van der Waals surface area contributed by atoms with Crippen LogP contribution >= 0.6 is 7.82 Å². The molecule has 0 rings (SSSR count). The van der Waals surface area contributed by atoms with E-state index in [0.717, 1.165) is 38.5 Å². The standard InChI is InChI=1S/C69H141O4P/c1-7-10-13-16-19-22-25-28-31-34-37-40-43-46-49-52-55-58-61-64-67(4)71-74(70,72-68(5)65-62-59-56-53-50-47-44-41-38-35-32-29-26-23-20-17-14-11-8-2)73-69(6)66-63-60-57-54-51-48-45-42-39-36-33-30-27-24-21-18-15-12-9-3/h67-69H,7-66H2,1-6H3. The molecule has 0 aromatic heterocycles. The second-order valence-electron chi connectivity index (χ2n) is 24.7. The van der Waals surface area contributed by atoms with E-state index in [1.165, 1.54) is 347 Å². The number of hydrogen-bond acceptors (Lipinski definition) is 4. The SMILES string of the molecule is CCCCCCCCCCCCCCCCCCCCCC(C)OP(=O)(OC(C)CCCCCCCCCCCCCCCCCCCCC)OC(C)CCCCCCCCCCCCCCCCCCCCC. The molecule has 0 N–H and O–H groups in total. The van der Waals surface area contributed by atoms with Gasteiger partial charge in [0.2, 0.25) is 0 Å². The Morgan fingerprint density at radius 1 is 0.203 bits per heavy atom. The lowest BCUT2D eigenvalue weighted by molar-refractivity contribution is 0.0358. The van der Waals surface area contributed by atoms with Crippen LogP contribution in [-0.2, 0) is 18.1 Å². The summed E-state index contributed by atoms with van der Waals surface area (Å²) in [6.07, 6.45) is 81.5. The minimum Gasteiger partial charge on any atom is -0.284 e. The zero-order valence-electron chi connectivity index (χ0n) is 52.2. The molecule has 0 aliphatic carbocycles. The van der Waals surface area contributed by atoms with E-state index in [9.17, 15) is 4.57 Å². The Morgan fingerprint density at radius 3 is 0.432 bits per heavy atom. The summed E-state index contributed by atoms with van der Waals surface area (Å²) in [5, 5.41) is 0. The van der Waals surface area contributed by atoms with Crippen molar-refractivity contribution in [1.82, 2.24) is 0 Å². The van der Waals surface area contributed by atoms with Crippen molar-refractivity contribution in [3.8, 4) is 0 Å². The van der Waals surface area contributed by atoms with Gasteiger partial charge in [-0.25, -0.2) is 4.57 Å². The second kappa shape index (κ2) is 62.3. The largest absolute Gasteiger partial charge is 0.475 e. The van der Waals surface area contributed by atoms with Crippen LogP contribution in [0.25, 0.3) is 0 Å². The van der Waals surface area contributed by atoms with Crippen LogP contribution in [0.1, 0.15) is 427 Å². The van der Waals surface area contributed by atoms with Gasteiger partial charge in [-0.15, -0.1) is 0 Å². The molecule has 74 heavy (non-hydrogen) atoms. The van der Waals surface area contributed by atoms with Crippen molar-refractivity contribution in [2.75, 3.05) is 0 Å². The molecule has 4 nitrogen and oxygen atoms in total. The van der Waals surface area contributed by atoms with E-state index in [4.69, 9.17) is 13.6 Å². The molecule has 0 heterocycles. The van der Waals surface area contributed by atoms with Gasteiger partial charge in [0.05, 0.1) is 18.3 Å². The van der Waals surface area contributed by atoms with Crippen LogP contribution in [0, 0.1) is 0 Å². The molecule has 3 unspecified atom stereocenters. The first-order valence-electron chi connectivity index (χ1n) is 35.0. The molecule has 0 amide bonds. The number of phosphoric acid groups is 1. The Balaban J connectivity index is 4.39. The highest BCUT2D eigenvalue weighted by Gasteiger charge is 2.33. The first-order valence-corrected chi connectivity index (χ1v) is 36.5. The van der Waals surface area contributed by atoms with Gasteiger partial charge in [0.15, 0.2) is 0 Å². The molecule has 0 saturated heterocycles. The maximum atomic E-state index is 14.4. The molecule has 5 heteroatoms. The van der Waals surface area contributed by atoms with Gasteiger partial charge in [-0.3, -0.25) is 13.6 Å². The van der Waals surface area contributed by atoms with E-state index in [1.54, 1.807) is 0 Å². The van der Waals surface area contributed by atoms with Crippen LogP contribution in [-0.4, -0.2) is 18.3 Å². The lowest BCUT2D eigenvalue weighted by Gasteiger charge is -2.27. The normalized spacial score (nSPS) is 14.0. The first-order chi connectivity index (χ1) is 36.4. The van der Waals surface area contributed by atoms with Crippen molar-refractivity contribution in [2.24, 2.45) is 0 Å². The average Bonchev–Trinajstić information content (AvgIpc) is 3.38. The topological polar surface area (TPSA) is 44.8 Å². The summed E-state index contributed by atoms with van der Waals surface area (Å²) in [6.45, 7) is 13.2. The fourth-order valence-electron chi connectivity index (χ4n) is 11.4. The second-order valence-corrected chi connectivity index (χ2v) is 26.2. The predicted molar refractivity (Wildman–Crippen MR) is 333 cm³/mol. The summed E-state index contributed by atoms with van der Waals surface area (Å²) >= 11 is 0. The maximum absolute atomic E-state index is 14.4. The summed E-state index contributed by atoms with van der Waals surface area (Å²) in [6, 6.07) is 0. The molecular formula is C69H141O4P. The van der Waals surface area contributed by atoms with Crippen LogP contribution in [0.4, 0.5) is 0 Å². The van der Waals surface area contributed by atoms with E-state index in [0.29, 0.717) is 0 Å². The van der Waals surface area contributed by atoms with E-state index in [1.807, 2.05) is 0 Å². The van der Waals surface area contributed by atoms with Crippen molar-refractivity contribution in [3.05, 3.63) is 0 Å². The zero-order chi connectivity index (χ0) is 53.8.